The molecule has 0 aliphatic rings. The summed E-state index contributed by atoms with van der Waals surface area (Å²) in [6.45, 7) is 0. The van der Waals surface area contributed by atoms with E-state index in [1.54, 1.807) is 18.2 Å². The molecule has 0 saturated heterocycles. The molecule has 0 aromatic heterocycles. The van der Waals surface area contributed by atoms with E-state index >= 15 is 0 Å². The van der Waals surface area contributed by atoms with Crippen molar-refractivity contribution in [3.05, 3.63) is 58.1 Å². The van der Waals surface area contributed by atoms with Gasteiger partial charge in [-0.05, 0) is 24.3 Å². The molecule has 0 fully saturated rings. The second kappa shape index (κ2) is 6.69. The topological polar surface area (TPSA) is 72.2 Å². The zero-order chi connectivity index (χ0) is 17.0. The summed E-state index contributed by atoms with van der Waals surface area (Å²) in [7, 11) is 0. The lowest BCUT2D eigenvalue weighted by Gasteiger charge is -2.11. The predicted molar refractivity (Wildman–Crippen MR) is 78.4 cm³/mol. The van der Waals surface area contributed by atoms with Gasteiger partial charge in [0.15, 0.2) is 0 Å². The SMILES string of the molecule is O=CNc1ccccc1Sc1cc(C(F)(F)F)ccc1[N+](=O)[O-]. The van der Waals surface area contributed by atoms with E-state index in [9.17, 15) is 28.1 Å². The number of nitrogens with one attached hydrogen (secondary N) is 1. The van der Waals surface area contributed by atoms with Crippen molar-refractivity contribution < 1.29 is 22.9 Å². The summed E-state index contributed by atoms with van der Waals surface area (Å²) in [6.07, 6.45) is -4.19. The number of carbonyl (C=O) groups excluding carboxylic acids is 1. The highest BCUT2D eigenvalue weighted by Crippen LogP contribution is 2.41. The molecule has 5 nitrogen and oxygen atoms in total. The maximum Gasteiger partial charge on any atom is 0.416 e. The van der Waals surface area contributed by atoms with Gasteiger partial charge in [0, 0.05) is 11.0 Å². The summed E-state index contributed by atoms with van der Waals surface area (Å²) in [6, 6.07) is 8.52. The van der Waals surface area contributed by atoms with Crippen molar-refractivity contribution >= 4 is 29.5 Å². The average Bonchev–Trinajstić information content (AvgIpc) is 2.48. The average molecular weight is 342 g/mol. The Balaban J connectivity index is 2.49. The van der Waals surface area contributed by atoms with Gasteiger partial charge in [-0.2, -0.15) is 13.2 Å². The standard InChI is InChI=1S/C14H9F3N2O3S/c15-14(16,17)9-5-6-11(19(21)22)13(7-9)23-12-4-2-1-3-10(12)18-8-20/h1-8H,(H,18,20). The maximum absolute atomic E-state index is 12.8. The Kier molecular flexibility index (Phi) is 4.89. The summed E-state index contributed by atoms with van der Waals surface area (Å²) in [5, 5.41) is 13.4. The third-order valence-electron chi connectivity index (χ3n) is 2.81. The number of nitrogens with zero attached hydrogens (tertiary/aromatic N) is 1. The first-order valence-electron chi connectivity index (χ1n) is 6.15. The van der Waals surface area contributed by atoms with Gasteiger partial charge in [-0.3, -0.25) is 14.9 Å². The van der Waals surface area contributed by atoms with Crippen LogP contribution < -0.4 is 5.32 Å². The number of carbonyl (C=O) groups is 1. The smallest absolute Gasteiger partial charge is 0.328 e. The predicted octanol–water partition coefficient (Wildman–Crippen LogP) is 4.33. The molecule has 9 heteroatoms. The maximum atomic E-state index is 12.8. The molecule has 0 aliphatic heterocycles. The Morgan fingerprint density at radius 3 is 2.43 bits per heavy atom. The summed E-state index contributed by atoms with van der Waals surface area (Å²) in [5.74, 6) is 0. The van der Waals surface area contributed by atoms with E-state index in [0.717, 1.165) is 23.9 Å². The molecular formula is C14H9F3N2O3S. The number of hydrogen-bond acceptors (Lipinski definition) is 4. The third kappa shape index (κ3) is 4.01. The highest BCUT2D eigenvalue weighted by atomic mass is 32.2. The van der Waals surface area contributed by atoms with Crippen molar-refractivity contribution in [2.45, 2.75) is 16.0 Å². The van der Waals surface area contributed by atoms with E-state index in [1.807, 2.05) is 0 Å². The Morgan fingerprint density at radius 1 is 1.13 bits per heavy atom. The van der Waals surface area contributed by atoms with Gasteiger partial charge < -0.3 is 5.32 Å². The fourth-order valence-corrected chi connectivity index (χ4v) is 2.83. The number of hydrogen-bond donors (Lipinski definition) is 1. The molecule has 0 heterocycles. The first kappa shape index (κ1) is 16.8. The van der Waals surface area contributed by atoms with E-state index in [0.29, 0.717) is 23.1 Å². The third-order valence-corrected chi connectivity index (χ3v) is 3.93. The monoisotopic (exact) mass is 342 g/mol. The Morgan fingerprint density at radius 2 is 1.83 bits per heavy atom. The van der Waals surface area contributed by atoms with Crippen LogP contribution in [0.4, 0.5) is 24.5 Å². The molecule has 2 aromatic carbocycles. The quantitative estimate of drug-likeness (QED) is 0.499. The molecular weight excluding hydrogens is 333 g/mol. The van der Waals surface area contributed by atoms with Gasteiger partial charge in [0.05, 0.1) is 21.1 Å². The van der Waals surface area contributed by atoms with Crippen molar-refractivity contribution in [3.63, 3.8) is 0 Å². The Hall–Kier alpha value is -2.55. The van der Waals surface area contributed by atoms with Gasteiger partial charge in [0.1, 0.15) is 0 Å². The molecule has 23 heavy (non-hydrogen) atoms. The van der Waals surface area contributed by atoms with Crippen LogP contribution in [0.2, 0.25) is 0 Å². The zero-order valence-corrected chi connectivity index (χ0v) is 12.1. The number of halogens is 3. The highest BCUT2D eigenvalue weighted by molar-refractivity contribution is 7.99. The van der Waals surface area contributed by atoms with Crippen LogP contribution in [0.5, 0.6) is 0 Å². The first-order chi connectivity index (χ1) is 10.8. The second-order valence-corrected chi connectivity index (χ2v) is 5.38. The normalized spacial score (nSPS) is 11.1. The van der Waals surface area contributed by atoms with Crippen LogP contribution in [-0.2, 0) is 11.0 Å². The van der Waals surface area contributed by atoms with Gasteiger partial charge in [0.2, 0.25) is 6.41 Å². The molecule has 2 rings (SSSR count). The van der Waals surface area contributed by atoms with E-state index in [4.69, 9.17) is 0 Å². The van der Waals surface area contributed by atoms with Crippen LogP contribution in [0, 0.1) is 10.1 Å². The molecule has 1 N–H and O–H groups in total. The van der Waals surface area contributed by atoms with Crippen LogP contribution in [0.1, 0.15) is 5.56 Å². The van der Waals surface area contributed by atoms with E-state index in [-0.39, 0.29) is 4.90 Å². The van der Waals surface area contributed by atoms with Gasteiger partial charge in [-0.25, -0.2) is 0 Å². The summed E-state index contributed by atoms with van der Waals surface area (Å²) >= 11 is 0.776. The molecule has 0 atom stereocenters. The van der Waals surface area contributed by atoms with Gasteiger partial charge in [-0.1, -0.05) is 23.9 Å². The van der Waals surface area contributed by atoms with Gasteiger partial charge in [-0.15, -0.1) is 0 Å². The summed E-state index contributed by atoms with van der Waals surface area (Å²) in [5.41, 5.74) is -1.07. The lowest BCUT2D eigenvalue weighted by Crippen LogP contribution is -2.05. The van der Waals surface area contributed by atoms with E-state index in [2.05, 4.69) is 5.32 Å². The van der Waals surface area contributed by atoms with Gasteiger partial charge in [0.25, 0.3) is 5.69 Å². The molecule has 120 valence electrons. The number of alkyl halides is 3. The van der Waals surface area contributed by atoms with Crippen LogP contribution in [-0.4, -0.2) is 11.3 Å². The molecule has 0 unspecified atom stereocenters. The van der Waals surface area contributed by atoms with Crippen LogP contribution >= 0.6 is 11.8 Å². The fraction of sp³-hybridized carbons (Fsp3) is 0.0714. The number of benzene rings is 2. The lowest BCUT2D eigenvalue weighted by atomic mass is 10.2. The molecule has 0 bridgehead atoms. The van der Waals surface area contributed by atoms with E-state index < -0.39 is 22.4 Å². The Bertz CT molecular complexity index is 750. The Labute approximate surface area is 132 Å². The molecule has 2 aromatic rings. The minimum absolute atomic E-state index is 0.162. The number of nitro benzene ring substituents is 1. The molecule has 0 saturated carbocycles. The molecule has 0 radical (unpaired) electrons. The van der Waals surface area contributed by atoms with Crippen molar-refractivity contribution in [2.75, 3.05) is 5.32 Å². The largest absolute Gasteiger partial charge is 0.416 e. The first-order valence-corrected chi connectivity index (χ1v) is 6.97. The van der Waals surface area contributed by atoms with Crippen molar-refractivity contribution in [3.8, 4) is 0 Å². The number of nitro groups is 1. The molecule has 1 amide bonds. The van der Waals surface area contributed by atoms with E-state index in [1.165, 1.54) is 6.07 Å². The minimum Gasteiger partial charge on any atom is -0.328 e. The van der Waals surface area contributed by atoms with Crippen molar-refractivity contribution in [1.82, 2.24) is 0 Å². The number of amides is 1. The van der Waals surface area contributed by atoms with Crippen molar-refractivity contribution in [2.24, 2.45) is 0 Å². The second-order valence-electron chi connectivity index (χ2n) is 4.30. The summed E-state index contributed by atoms with van der Waals surface area (Å²) < 4.78 is 38.4. The van der Waals surface area contributed by atoms with Crippen molar-refractivity contribution in [1.29, 1.82) is 0 Å². The van der Waals surface area contributed by atoms with Crippen LogP contribution in [0.15, 0.2) is 52.3 Å². The highest BCUT2D eigenvalue weighted by Gasteiger charge is 2.32. The van der Waals surface area contributed by atoms with Crippen LogP contribution in [0.3, 0.4) is 0 Å². The molecule has 0 aliphatic carbocycles. The number of anilines is 1. The number of rotatable bonds is 5. The fourth-order valence-electron chi connectivity index (χ4n) is 1.78. The van der Waals surface area contributed by atoms with Gasteiger partial charge >= 0.3 is 6.18 Å². The molecule has 0 spiro atoms. The summed E-state index contributed by atoms with van der Waals surface area (Å²) in [4.78, 5) is 21.1. The number of para-hydroxylation sites is 1. The lowest BCUT2D eigenvalue weighted by molar-refractivity contribution is -0.387. The van der Waals surface area contributed by atoms with Crippen LogP contribution in [0.25, 0.3) is 0 Å². The zero-order valence-electron chi connectivity index (χ0n) is 11.3. The minimum atomic E-state index is -4.61.